The van der Waals surface area contributed by atoms with E-state index in [9.17, 15) is 0 Å². The van der Waals surface area contributed by atoms with E-state index in [0.29, 0.717) is 4.99 Å². The topological polar surface area (TPSA) is 29.3 Å². The molecule has 104 valence electrons. The van der Waals surface area contributed by atoms with E-state index in [0.717, 1.165) is 35.3 Å². The molecule has 1 aromatic carbocycles. The van der Waals surface area contributed by atoms with Crippen molar-refractivity contribution in [1.82, 2.24) is 0 Å². The fourth-order valence-corrected chi connectivity index (χ4v) is 3.21. The second-order valence-electron chi connectivity index (χ2n) is 5.25. The van der Waals surface area contributed by atoms with Crippen molar-refractivity contribution in [1.29, 1.82) is 0 Å². The summed E-state index contributed by atoms with van der Waals surface area (Å²) in [5, 5.41) is 0.749. The monoisotopic (exact) mass is 296 g/mol. The Morgan fingerprint density at radius 1 is 1.42 bits per heavy atom. The van der Waals surface area contributed by atoms with E-state index in [-0.39, 0.29) is 0 Å². The molecule has 1 aliphatic rings. The van der Waals surface area contributed by atoms with Gasteiger partial charge in [-0.3, -0.25) is 0 Å². The first-order chi connectivity index (χ1) is 9.11. The summed E-state index contributed by atoms with van der Waals surface area (Å²) in [7, 11) is 0. The third-order valence-electron chi connectivity index (χ3n) is 3.88. The Morgan fingerprint density at radius 2 is 2.11 bits per heavy atom. The highest BCUT2D eigenvalue weighted by molar-refractivity contribution is 7.80. The van der Waals surface area contributed by atoms with Crippen LogP contribution in [0.5, 0.6) is 0 Å². The molecule has 4 heteroatoms. The molecule has 1 saturated heterocycles. The predicted octanol–water partition coefficient (Wildman–Crippen LogP) is 3.99. The molecule has 1 aromatic rings. The van der Waals surface area contributed by atoms with Crippen LogP contribution >= 0.6 is 23.8 Å². The van der Waals surface area contributed by atoms with Gasteiger partial charge in [0.2, 0.25) is 0 Å². The van der Waals surface area contributed by atoms with Gasteiger partial charge >= 0.3 is 0 Å². The molecule has 0 saturated carbocycles. The molecule has 0 spiro atoms. The minimum atomic E-state index is 0.398. The molecule has 1 aliphatic heterocycles. The van der Waals surface area contributed by atoms with Crippen LogP contribution in [0.1, 0.15) is 38.2 Å². The highest BCUT2D eigenvalue weighted by Gasteiger charge is 2.20. The summed E-state index contributed by atoms with van der Waals surface area (Å²) in [6.07, 6.45) is 5.17. The molecule has 2 rings (SSSR count). The Labute approximate surface area is 125 Å². The Morgan fingerprint density at radius 3 is 2.63 bits per heavy atom. The van der Waals surface area contributed by atoms with Crippen LogP contribution in [0.15, 0.2) is 18.2 Å². The molecule has 0 amide bonds. The summed E-state index contributed by atoms with van der Waals surface area (Å²) in [6.45, 7) is 4.45. The van der Waals surface area contributed by atoms with Gasteiger partial charge in [-0.2, -0.15) is 0 Å². The average Bonchev–Trinajstić information content (AvgIpc) is 2.40. The SMILES string of the molecule is CCCC1CCN(c2ccc(C(N)=S)cc2Cl)CC1. The lowest BCUT2D eigenvalue weighted by Gasteiger charge is -2.34. The van der Waals surface area contributed by atoms with Crippen LogP contribution in [0.2, 0.25) is 5.02 Å². The highest BCUT2D eigenvalue weighted by Crippen LogP contribution is 2.31. The molecular formula is C15H21ClN2S. The molecule has 2 N–H and O–H groups in total. The standard InChI is InChI=1S/C15H21ClN2S/c1-2-3-11-6-8-18(9-7-11)14-5-4-12(15(17)19)10-13(14)16/h4-5,10-11H,2-3,6-9H2,1H3,(H2,17,19). The van der Waals surface area contributed by atoms with Crippen molar-refractivity contribution >= 4 is 34.5 Å². The molecule has 0 aromatic heterocycles. The van der Waals surface area contributed by atoms with Crippen molar-refractivity contribution in [3.05, 3.63) is 28.8 Å². The van der Waals surface area contributed by atoms with Gasteiger partial charge in [-0.1, -0.05) is 43.6 Å². The minimum absolute atomic E-state index is 0.398. The number of hydrogen-bond donors (Lipinski definition) is 1. The largest absolute Gasteiger partial charge is 0.389 e. The molecule has 0 radical (unpaired) electrons. The van der Waals surface area contributed by atoms with Gasteiger partial charge < -0.3 is 10.6 Å². The van der Waals surface area contributed by atoms with Crippen molar-refractivity contribution in [2.45, 2.75) is 32.6 Å². The number of nitrogens with two attached hydrogens (primary N) is 1. The normalized spacial score (nSPS) is 16.6. The number of benzene rings is 1. The highest BCUT2D eigenvalue weighted by atomic mass is 35.5. The van der Waals surface area contributed by atoms with Crippen molar-refractivity contribution in [3.63, 3.8) is 0 Å². The second-order valence-corrected chi connectivity index (χ2v) is 6.10. The summed E-state index contributed by atoms with van der Waals surface area (Å²) < 4.78 is 0. The zero-order chi connectivity index (χ0) is 13.8. The molecule has 1 heterocycles. The van der Waals surface area contributed by atoms with Crippen LogP contribution in [0.4, 0.5) is 5.69 Å². The summed E-state index contributed by atoms with van der Waals surface area (Å²) >= 11 is 11.3. The maximum atomic E-state index is 6.35. The number of anilines is 1. The Balaban J connectivity index is 2.05. The Kier molecular flexibility index (Phi) is 5.06. The van der Waals surface area contributed by atoms with Crippen LogP contribution in [0.25, 0.3) is 0 Å². The van der Waals surface area contributed by atoms with Gasteiger partial charge in [0, 0.05) is 18.7 Å². The lowest BCUT2D eigenvalue weighted by Crippen LogP contribution is -2.33. The van der Waals surface area contributed by atoms with Crippen molar-refractivity contribution < 1.29 is 0 Å². The first kappa shape index (κ1) is 14.6. The number of piperidine rings is 1. The van der Waals surface area contributed by atoms with Gasteiger partial charge in [-0.25, -0.2) is 0 Å². The van der Waals surface area contributed by atoms with E-state index in [4.69, 9.17) is 29.6 Å². The second kappa shape index (κ2) is 6.58. The van der Waals surface area contributed by atoms with E-state index in [2.05, 4.69) is 11.8 Å². The predicted molar refractivity (Wildman–Crippen MR) is 87.2 cm³/mol. The fourth-order valence-electron chi connectivity index (χ4n) is 2.79. The zero-order valence-electron chi connectivity index (χ0n) is 11.4. The lowest BCUT2D eigenvalue weighted by molar-refractivity contribution is 0.378. The van der Waals surface area contributed by atoms with E-state index in [1.54, 1.807) is 0 Å². The van der Waals surface area contributed by atoms with E-state index in [1.807, 2.05) is 18.2 Å². The third kappa shape index (κ3) is 3.61. The van der Waals surface area contributed by atoms with Gasteiger partial charge in [-0.05, 0) is 37.0 Å². The molecule has 0 atom stereocenters. The third-order valence-corrected chi connectivity index (χ3v) is 4.42. The number of halogens is 1. The van der Waals surface area contributed by atoms with Gasteiger partial charge in [-0.15, -0.1) is 0 Å². The van der Waals surface area contributed by atoms with Gasteiger partial charge in [0.25, 0.3) is 0 Å². The number of rotatable bonds is 4. The minimum Gasteiger partial charge on any atom is -0.389 e. The van der Waals surface area contributed by atoms with Gasteiger partial charge in [0.15, 0.2) is 0 Å². The maximum absolute atomic E-state index is 6.35. The molecule has 2 nitrogen and oxygen atoms in total. The molecular weight excluding hydrogens is 276 g/mol. The quantitative estimate of drug-likeness (QED) is 0.852. The van der Waals surface area contributed by atoms with E-state index < -0.39 is 0 Å². The number of thiocarbonyl (C=S) groups is 1. The van der Waals surface area contributed by atoms with Crippen LogP contribution in [-0.2, 0) is 0 Å². The molecule has 1 fully saturated rings. The van der Waals surface area contributed by atoms with Crippen LogP contribution in [0, 0.1) is 5.92 Å². The number of hydrogen-bond acceptors (Lipinski definition) is 2. The van der Waals surface area contributed by atoms with Crippen molar-refractivity contribution in [3.8, 4) is 0 Å². The number of nitrogens with zero attached hydrogens (tertiary/aromatic N) is 1. The Hall–Kier alpha value is -0.800. The van der Waals surface area contributed by atoms with Crippen LogP contribution in [-0.4, -0.2) is 18.1 Å². The van der Waals surface area contributed by atoms with Crippen molar-refractivity contribution in [2.75, 3.05) is 18.0 Å². The average molecular weight is 297 g/mol. The van der Waals surface area contributed by atoms with Crippen LogP contribution in [0.3, 0.4) is 0 Å². The van der Waals surface area contributed by atoms with Gasteiger partial charge in [0.1, 0.15) is 4.99 Å². The smallest absolute Gasteiger partial charge is 0.104 e. The first-order valence-electron chi connectivity index (χ1n) is 6.96. The Bertz CT molecular complexity index is 453. The molecule has 0 aliphatic carbocycles. The van der Waals surface area contributed by atoms with Crippen molar-refractivity contribution in [2.24, 2.45) is 11.7 Å². The van der Waals surface area contributed by atoms with Crippen LogP contribution < -0.4 is 10.6 Å². The molecule has 0 bridgehead atoms. The zero-order valence-corrected chi connectivity index (χ0v) is 12.9. The lowest BCUT2D eigenvalue weighted by atomic mass is 9.92. The first-order valence-corrected chi connectivity index (χ1v) is 7.74. The molecule has 0 unspecified atom stereocenters. The summed E-state index contributed by atoms with van der Waals surface area (Å²) in [4.78, 5) is 2.77. The van der Waals surface area contributed by atoms with Gasteiger partial charge in [0.05, 0.1) is 10.7 Å². The molecule has 19 heavy (non-hydrogen) atoms. The van der Waals surface area contributed by atoms with E-state index in [1.165, 1.54) is 25.7 Å². The fraction of sp³-hybridized carbons (Fsp3) is 0.533. The summed E-state index contributed by atoms with van der Waals surface area (Å²) in [5.74, 6) is 0.885. The summed E-state index contributed by atoms with van der Waals surface area (Å²) in [6, 6.07) is 5.87. The summed E-state index contributed by atoms with van der Waals surface area (Å²) in [5.41, 5.74) is 7.57. The van der Waals surface area contributed by atoms with E-state index >= 15 is 0 Å². The maximum Gasteiger partial charge on any atom is 0.104 e.